The van der Waals surface area contributed by atoms with Crippen molar-refractivity contribution in [3.63, 3.8) is 0 Å². The summed E-state index contributed by atoms with van der Waals surface area (Å²) in [7, 11) is -0.450. The van der Waals surface area contributed by atoms with E-state index in [9.17, 15) is 0 Å². The Labute approximate surface area is 239 Å². The molecule has 8 rings (SSSR count). The maximum atomic E-state index is 6.46. The lowest BCUT2D eigenvalue weighted by Crippen LogP contribution is -2.41. The highest BCUT2D eigenvalue weighted by Crippen LogP contribution is 2.57. The van der Waals surface area contributed by atoms with Crippen LogP contribution in [0.5, 0.6) is 0 Å². The van der Waals surface area contributed by atoms with Crippen molar-refractivity contribution in [3.8, 4) is 11.1 Å². The quantitative estimate of drug-likeness (QED) is 0.209. The molecule has 1 aliphatic carbocycles. The molecule has 3 heterocycles. The number of thioether (sulfide) groups is 1. The SMILES string of the molecule is CC12Cc3ccccc3C=C1Sc1ccc(-c3ccc4oc5cccc(B6OC(C)(C)C(C)(C)O6)c5c4c3)cc12. The van der Waals surface area contributed by atoms with Crippen LogP contribution >= 0.6 is 11.8 Å². The number of rotatable bonds is 2. The van der Waals surface area contributed by atoms with Gasteiger partial charge in [-0.3, -0.25) is 0 Å². The van der Waals surface area contributed by atoms with Crippen LogP contribution in [-0.4, -0.2) is 18.3 Å². The summed E-state index contributed by atoms with van der Waals surface area (Å²) >= 11 is 1.93. The van der Waals surface area contributed by atoms with E-state index in [0.717, 1.165) is 33.8 Å². The van der Waals surface area contributed by atoms with Gasteiger partial charge in [0.15, 0.2) is 0 Å². The van der Waals surface area contributed by atoms with Crippen LogP contribution in [0, 0.1) is 0 Å². The average Bonchev–Trinajstić information content (AvgIpc) is 3.51. The van der Waals surface area contributed by atoms with E-state index in [-0.39, 0.29) is 5.41 Å². The van der Waals surface area contributed by atoms with Gasteiger partial charge in [-0.1, -0.05) is 67.2 Å². The summed E-state index contributed by atoms with van der Waals surface area (Å²) in [4.78, 5) is 2.81. The topological polar surface area (TPSA) is 31.6 Å². The summed E-state index contributed by atoms with van der Waals surface area (Å²) in [5.41, 5.74) is 8.54. The van der Waals surface area contributed by atoms with E-state index < -0.39 is 18.3 Å². The van der Waals surface area contributed by atoms with Crippen LogP contribution in [0.3, 0.4) is 0 Å². The Balaban J connectivity index is 1.24. The van der Waals surface area contributed by atoms with Crippen molar-refractivity contribution >= 4 is 52.4 Å². The van der Waals surface area contributed by atoms with Crippen molar-refractivity contribution in [3.05, 3.63) is 100 Å². The van der Waals surface area contributed by atoms with Crippen molar-refractivity contribution in [2.45, 2.75) is 62.6 Å². The average molecular weight is 543 g/mol. The van der Waals surface area contributed by atoms with E-state index in [1.54, 1.807) is 0 Å². The third-order valence-corrected chi connectivity index (χ3v) is 11.0. The lowest BCUT2D eigenvalue weighted by molar-refractivity contribution is 0.00578. The fourth-order valence-corrected chi connectivity index (χ4v) is 7.88. The summed E-state index contributed by atoms with van der Waals surface area (Å²) < 4.78 is 19.2. The predicted molar refractivity (Wildman–Crippen MR) is 166 cm³/mol. The molecule has 2 aliphatic heterocycles. The molecule has 0 spiro atoms. The Bertz CT molecular complexity index is 1880. The fraction of sp³-hybridized carbons (Fsp3) is 0.257. The van der Waals surface area contributed by atoms with Crippen molar-refractivity contribution in [1.82, 2.24) is 0 Å². The summed E-state index contributed by atoms with van der Waals surface area (Å²) in [5, 5.41) is 2.15. The van der Waals surface area contributed by atoms with Gasteiger partial charge in [0.25, 0.3) is 0 Å². The third kappa shape index (κ3) is 3.41. The Morgan fingerprint density at radius 2 is 1.50 bits per heavy atom. The van der Waals surface area contributed by atoms with Crippen LogP contribution in [0.25, 0.3) is 39.1 Å². The predicted octanol–water partition coefficient (Wildman–Crippen LogP) is 8.51. The number of allylic oxidation sites excluding steroid dienone is 1. The van der Waals surface area contributed by atoms with Gasteiger partial charge in [-0.05, 0) is 104 Å². The van der Waals surface area contributed by atoms with Crippen LogP contribution in [0.4, 0.5) is 0 Å². The Morgan fingerprint density at radius 1 is 0.750 bits per heavy atom. The van der Waals surface area contributed by atoms with Gasteiger partial charge in [-0.25, -0.2) is 0 Å². The van der Waals surface area contributed by atoms with Crippen molar-refractivity contribution < 1.29 is 13.7 Å². The van der Waals surface area contributed by atoms with Crippen LogP contribution in [-0.2, 0) is 21.1 Å². The molecule has 1 fully saturated rings. The van der Waals surface area contributed by atoms with Gasteiger partial charge >= 0.3 is 7.12 Å². The molecule has 3 aliphatic rings. The van der Waals surface area contributed by atoms with Crippen molar-refractivity contribution in [1.29, 1.82) is 0 Å². The van der Waals surface area contributed by atoms with Gasteiger partial charge in [0.05, 0.1) is 11.2 Å². The summed E-state index contributed by atoms with van der Waals surface area (Å²) in [6.07, 6.45) is 3.42. The molecule has 0 radical (unpaired) electrons. The zero-order chi connectivity index (χ0) is 27.4. The molecule has 4 aromatic carbocycles. The highest BCUT2D eigenvalue weighted by Gasteiger charge is 2.52. The molecule has 1 aromatic heterocycles. The van der Waals surface area contributed by atoms with Crippen molar-refractivity contribution in [2.75, 3.05) is 0 Å². The van der Waals surface area contributed by atoms with Crippen LogP contribution < -0.4 is 5.46 Å². The minimum absolute atomic E-state index is 0.000723. The first-order chi connectivity index (χ1) is 19.1. The van der Waals surface area contributed by atoms with E-state index in [1.165, 1.54) is 37.6 Å². The number of hydrogen-bond acceptors (Lipinski definition) is 4. The summed E-state index contributed by atoms with van der Waals surface area (Å²) in [5.74, 6) is 0. The van der Waals surface area contributed by atoms with Gasteiger partial charge in [0.1, 0.15) is 11.2 Å². The Hall–Kier alpha value is -3.25. The van der Waals surface area contributed by atoms with E-state index in [0.29, 0.717) is 0 Å². The van der Waals surface area contributed by atoms with Gasteiger partial charge in [0.2, 0.25) is 0 Å². The second-order valence-electron chi connectivity index (χ2n) is 12.7. The first kappa shape index (κ1) is 24.5. The summed E-state index contributed by atoms with van der Waals surface area (Å²) in [6.45, 7) is 10.8. The summed E-state index contributed by atoms with van der Waals surface area (Å²) in [6, 6.07) is 28.5. The molecular formula is C35H31BO3S. The monoisotopic (exact) mass is 542 g/mol. The second-order valence-corrected chi connectivity index (χ2v) is 13.7. The van der Waals surface area contributed by atoms with E-state index in [1.807, 2.05) is 23.9 Å². The number of hydrogen-bond donors (Lipinski definition) is 0. The van der Waals surface area contributed by atoms with Gasteiger partial charge in [0, 0.05) is 26.0 Å². The highest BCUT2D eigenvalue weighted by molar-refractivity contribution is 8.03. The fourth-order valence-electron chi connectivity index (χ4n) is 6.52. The molecule has 0 bridgehead atoms. The standard InChI is InChI=1S/C35H31BO3S/c1-33(2)34(3,4)39-36(38-33)27-11-8-12-29-32(27)25-17-22(13-15-28(25)37-29)23-14-16-30-26(18-23)35(5)20-24-10-7-6-9-21(24)19-31(35)40-30/h6-19H,20H2,1-5H3. The molecule has 198 valence electrons. The molecule has 5 heteroatoms. The Kier molecular flexibility index (Phi) is 5.01. The van der Waals surface area contributed by atoms with Crippen LogP contribution in [0.2, 0.25) is 0 Å². The second kappa shape index (κ2) is 8.16. The zero-order valence-electron chi connectivity index (χ0n) is 23.5. The molecule has 0 amide bonds. The molecule has 40 heavy (non-hydrogen) atoms. The largest absolute Gasteiger partial charge is 0.495 e. The number of benzene rings is 4. The van der Waals surface area contributed by atoms with E-state index >= 15 is 0 Å². The van der Waals surface area contributed by atoms with Crippen LogP contribution in [0.1, 0.15) is 51.3 Å². The molecular weight excluding hydrogens is 511 g/mol. The Morgan fingerprint density at radius 3 is 2.33 bits per heavy atom. The smallest absolute Gasteiger partial charge is 0.456 e. The number of fused-ring (bicyclic) bond motifs is 7. The van der Waals surface area contributed by atoms with Gasteiger partial charge < -0.3 is 13.7 Å². The first-order valence-electron chi connectivity index (χ1n) is 14.1. The lowest BCUT2D eigenvalue weighted by atomic mass is 9.72. The minimum atomic E-state index is -0.450. The molecule has 0 N–H and O–H groups in total. The molecule has 5 aromatic rings. The normalized spacial score (nSPS) is 22.3. The molecule has 0 saturated carbocycles. The molecule has 1 saturated heterocycles. The lowest BCUT2D eigenvalue weighted by Gasteiger charge is -2.32. The maximum absolute atomic E-state index is 6.46. The van der Waals surface area contributed by atoms with Crippen LogP contribution in [0.15, 0.2) is 93.1 Å². The van der Waals surface area contributed by atoms with E-state index in [4.69, 9.17) is 13.7 Å². The van der Waals surface area contributed by atoms with Gasteiger partial charge in [-0.15, -0.1) is 0 Å². The highest BCUT2D eigenvalue weighted by atomic mass is 32.2. The molecule has 3 nitrogen and oxygen atoms in total. The third-order valence-electron chi connectivity index (χ3n) is 9.59. The molecule has 1 unspecified atom stereocenters. The first-order valence-corrected chi connectivity index (χ1v) is 14.9. The minimum Gasteiger partial charge on any atom is -0.456 e. The number of furan rings is 1. The van der Waals surface area contributed by atoms with Gasteiger partial charge in [-0.2, -0.15) is 0 Å². The maximum Gasteiger partial charge on any atom is 0.495 e. The van der Waals surface area contributed by atoms with E-state index in [2.05, 4.69) is 107 Å². The van der Waals surface area contributed by atoms with Crippen molar-refractivity contribution in [2.24, 2.45) is 0 Å². The molecule has 1 atom stereocenters. The zero-order valence-corrected chi connectivity index (χ0v) is 24.3.